The predicted octanol–water partition coefficient (Wildman–Crippen LogP) is -1.16. The number of hydrogen-bond donors (Lipinski definition) is 1. The summed E-state index contributed by atoms with van der Waals surface area (Å²) in [5.74, 6) is -0.117. The van der Waals surface area contributed by atoms with Crippen molar-refractivity contribution in [3.63, 3.8) is 0 Å². The number of likely N-dealkylation sites (N-methyl/N-ethyl adjacent to an activating group) is 1. The standard InChI is InChI=1S/C10H19N3O3S/c1-12-6-7-13(8-10(12)14)17(15,16)9-2-4-11-5-3-9/h9,11H,2-8H2,1H3. The third-order valence-corrected chi connectivity index (χ3v) is 5.83. The van der Waals surface area contributed by atoms with Crippen LogP contribution in [0.25, 0.3) is 0 Å². The van der Waals surface area contributed by atoms with E-state index in [1.807, 2.05) is 0 Å². The summed E-state index contributed by atoms with van der Waals surface area (Å²) in [5, 5.41) is 2.83. The number of carbonyl (C=O) groups is 1. The quantitative estimate of drug-likeness (QED) is 0.681. The van der Waals surface area contributed by atoms with E-state index in [4.69, 9.17) is 0 Å². The number of sulfonamides is 1. The molecule has 0 spiro atoms. The Morgan fingerprint density at radius 1 is 1.24 bits per heavy atom. The third-order valence-electron chi connectivity index (χ3n) is 3.49. The molecule has 0 aliphatic carbocycles. The molecule has 6 nitrogen and oxygen atoms in total. The van der Waals surface area contributed by atoms with E-state index >= 15 is 0 Å². The van der Waals surface area contributed by atoms with Crippen molar-refractivity contribution >= 4 is 15.9 Å². The zero-order chi connectivity index (χ0) is 12.5. The minimum atomic E-state index is -3.30. The van der Waals surface area contributed by atoms with Gasteiger partial charge in [-0.1, -0.05) is 0 Å². The lowest BCUT2D eigenvalue weighted by Crippen LogP contribution is -2.53. The van der Waals surface area contributed by atoms with Crippen LogP contribution >= 0.6 is 0 Å². The van der Waals surface area contributed by atoms with Crippen molar-refractivity contribution in [2.45, 2.75) is 18.1 Å². The van der Waals surface area contributed by atoms with E-state index in [0.717, 1.165) is 13.1 Å². The Balaban J connectivity index is 2.07. The van der Waals surface area contributed by atoms with Crippen molar-refractivity contribution in [1.82, 2.24) is 14.5 Å². The molecule has 0 radical (unpaired) electrons. The number of piperazine rings is 1. The fourth-order valence-corrected chi connectivity index (χ4v) is 4.14. The maximum absolute atomic E-state index is 12.3. The lowest BCUT2D eigenvalue weighted by Gasteiger charge is -2.34. The van der Waals surface area contributed by atoms with Gasteiger partial charge in [-0.3, -0.25) is 4.79 Å². The van der Waals surface area contributed by atoms with Crippen LogP contribution in [0.2, 0.25) is 0 Å². The largest absolute Gasteiger partial charge is 0.343 e. The maximum atomic E-state index is 12.3. The molecule has 17 heavy (non-hydrogen) atoms. The van der Waals surface area contributed by atoms with Crippen LogP contribution in [0.5, 0.6) is 0 Å². The maximum Gasteiger partial charge on any atom is 0.237 e. The van der Waals surface area contributed by atoms with Gasteiger partial charge in [0.15, 0.2) is 0 Å². The summed E-state index contributed by atoms with van der Waals surface area (Å²) in [6.07, 6.45) is 1.28. The Morgan fingerprint density at radius 2 is 1.88 bits per heavy atom. The fourth-order valence-electron chi connectivity index (χ4n) is 2.26. The van der Waals surface area contributed by atoms with E-state index in [9.17, 15) is 13.2 Å². The molecule has 0 saturated carbocycles. The van der Waals surface area contributed by atoms with Crippen molar-refractivity contribution in [2.75, 3.05) is 39.8 Å². The molecule has 2 heterocycles. The van der Waals surface area contributed by atoms with Crippen LogP contribution in [0.1, 0.15) is 12.8 Å². The molecular weight excluding hydrogens is 242 g/mol. The van der Waals surface area contributed by atoms with Gasteiger partial charge in [-0.2, -0.15) is 4.31 Å². The highest BCUT2D eigenvalue weighted by atomic mass is 32.2. The van der Waals surface area contributed by atoms with E-state index < -0.39 is 10.0 Å². The minimum absolute atomic E-state index is 0.00274. The Labute approximate surface area is 102 Å². The number of rotatable bonds is 2. The number of amides is 1. The first-order valence-corrected chi connectivity index (χ1v) is 7.46. The first-order chi connectivity index (χ1) is 8.01. The zero-order valence-electron chi connectivity index (χ0n) is 10.1. The van der Waals surface area contributed by atoms with Gasteiger partial charge in [0, 0.05) is 20.1 Å². The van der Waals surface area contributed by atoms with Gasteiger partial charge in [-0.05, 0) is 25.9 Å². The number of hydrogen-bond acceptors (Lipinski definition) is 4. The summed E-state index contributed by atoms with van der Waals surface area (Å²) in [7, 11) is -1.59. The molecule has 98 valence electrons. The smallest absolute Gasteiger partial charge is 0.237 e. The predicted molar refractivity (Wildman–Crippen MR) is 64.0 cm³/mol. The molecule has 0 aromatic carbocycles. The average molecular weight is 261 g/mol. The number of piperidine rings is 1. The minimum Gasteiger partial charge on any atom is -0.343 e. The highest BCUT2D eigenvalue weighted by Crippen LogP contribution is 2.19. The van der Waals surface area contributed by atoms with Gasteiger partial charge in [0.05, 0.1) is 11.8 Å². The molecule has 2 aliphatic heterocycles. The second-order valence-corrected chi connectivity index (χ2v) is 6.86. The molecule has 2 aliphatic rings. The molecule has 2 rings (SSSR count). The third kappa shape index (κ3) is 2.61. The van der Waals surface area contributed by atoms with Crippen molar-refractivity contribution < 1.29 is 13.2 Å². The summed E-state index contributed by atoms with van der Waals surface area (Å²) >= 11 is 0. The summed E-state index contributed by atoms with van der Waals surface area (Å²) < 4.78 is 26.0. The van der Waals surface area contributed by atoms with E-state index in [1.165, 1.54) is 4.31 Å². The topological polar surface area (TPSA) is 69.7 Å². The van der Waals surface area contributed by atoms with E-state index in [2.05, 4.69) is 5.32 Å². The number of nitrogens with zero attached hydrogens (tertiary/aromatic N) is 2. The highest BCUT2D eigenvalue weighted by Gasteiger charge is 2.36. The van der Waals surface area contributed by atoms with Crippen LogP contribution < -0.4 is 5.32 Å². The zero-order valence-corrected chi connectivity index (χ0v) is 10.9. The molecule has 1 amide bonds. The van der Waals surface area contributed by atoms with E-state index in [0.29, 0.717) is 25.9 Å². The van der Waals surface area contributed by atoms with Crippen LogP contribution in [-0.4, -0.2) is 68.6 Å². The van der Waals surface area contributed by atoms with Crippen LogP contribution in [0.3, 0.4) is 0 Å². The van der Waals surface area contributed by atoms with E-state index in [1.54, 1.807) is 11.9 Å². The van der Waals surface area contributed by atoms with Crippen molar-refractivity contribution in [1.29, 1.82) is 0 Å². The summed E-state index contributed by atoms with van der Waals surface area (Å²) in [4.78, 5) is 13.1. The molecule has 0 bridgehead atoms. The second kappa shape index (κ2) is 4.91. The Hall–Kier alpha value is -0.660. The van der Waals surface area contributed by atoms with Crippen molar-refractivity contribution in [3.05, 3.63) is 0 Å². The molecule has 7 heteroatoms. The second-order valence-electron chi connectivity index (χ2n) is 4.64. The Morgan fingerprint density at radius 3 is 2.47 bits per heavy atom. The fraction of sp³-hybridized carbons (Fsp3) is 0.900. The molecule has 0 aromatic rings. The van der Waals surface area contributed by atoms with Gasteiger partial charge >= 0.3 is 0 Å². The highest BCUT2D eigenvalue weighted by molar-refractivity contribution is 7.89. The Bertz CT molecular complexity index is 390. The Kier molecular flexibility index (Phi) is 3.70. The summed E-state index contributed by atoms with van der Waals surface area (Å²) in [6.45, 7) is 2.40. The molecule has 0 unspecified atom stereocenters. The normalized spacial score (nSPS) is 25.2. The lowest BCUT2D eigenvalue weighted by molar-refractivity contribution is -0.132. The van der Waals surface area contributed by atoms with Gasteiger partial charge in [0.25, 0.3) is 0 Å². The van der Waals surface area contributed by atoms with Gasteiger partial charge in [0.2, 0.25) is 15.9 Å². The molecule has 2 fully saturated rings. The number of nitrogens with one attached hydrogen (secondary N) is 1. The summed E-state index contributed by atoms with van der Waals surface area (Å²) in [6, 6.07) is 0. The van der Waals surface area contributed by atoms with Gasteiger partial charge in [-0.15, -0.1) is 0 Å². The molecular formula is C10H19N3O3S. The van der Waals surface area contributed by atoms with E-state index in [-0.39, 0.29) is 17.7 Å². The van der Waals surface area contributed by atoms with Gasteiger partial charge in [0.1, 0.15) is 0 Å². The lowest BCUT2D eigenvalue weighted by atomic mass is 10.2. The van der Waals surface area contributed by atoms with Crippen LogP contribution in [0.4, 0.5) is 0 Å². The molecule has 0 aromatic heterocycles. The molecule has 1 N–H and O–H groups in total. The first-order valence-electron chi connectivity index (χ1n) is 5.95. The molecule has 2 saturated heterocycles. The van der Waals surface area contributed by atoms with Crippen LogP contribution in [0.15, 0.2) is 0 Å². The van der Waals surface area contributed by atoms with Crippen molar-refractivity contribution in [2.24, 2.45) is 0 Å². The summed E-state index contributed by atoms with van der Waals surface area (Å²) in [5.41, 5.74) is 0. The van der Waals surface area contributed by atoms with Crippen LogP contribution in [0, 0.1) is 0 Å². The van der Waals surface area contributed by atoms with Crippen molar-refractivity contribution in [3.8, 4) is 0 Å². The van der Waals surface area contributed by atoms with Gasteiger partial charge in [-0.25, -0.2) is 8.42 Å². The SMILES string of the molecule is CN1CCN(S(=O)(=O)C2CCNCC2)CC1=O. The number of carbonyl (C=O) groups excluding carboxylic acids is 1. The average Bonchev–Trinajstić information content (AvgIpc) is 2.33. The van der Waals surface area contributed by atoms with Gasteiger partial charge < -0.3 is 10.2 Å². The van der Waals surface area contributed by atoms with Crippen LogP contribution in [-0.2, 0) is 14.8 Å². The monoisotopic (exact) mass is 261 g/mol. The molecule has 0 atom stereocenters. The first kappa shape index (κ1) is 12.8.